The summed E-state index contributed by atoms with van der Waals surface area (Å²) in [6.45, 7) is 1.75. The number of carbonyl (C=O) groups excluding carboxylic acids is 2. The van der Waals surface area contributed by atoms with Gasteiger partial charge < -0.3 is 10.1 Å². The van der Waals surface area contributed by atoms with Gasteiger partial charge in [0.25, 0.3) is 5.91 Å². The Bertz CT molecular complexity index is 908. The Kier molecular flexibility index (Phi) is 5.88. The summed E-state index contributed by atoms with van der Waals surface area (Å²) in [5, 5.41) is 5.35. The van der Waals surface area contributed by atoms with E-state index in [9.17, 15) is 22.4 Å². The maximum Gasteiger partial charge on any atom is 0.340 e. The first-order valence-electron chi connectivity index (χ1n) is 7.05. The standard InChI is InChI=1S/C15H15FN2O5S2/c1-3-17-25(21,22)9-4-5-12(16)10(6-9)14(19)18-13-8-24-7-11(13)15(20)23-2/h4-8,17H,3H2,1-2H3,(H,18,19). The first-order chi connectivity index (χ1) is 11.8. The molecule has 10 heteroatoms. The average molecular weight is 386 g/mol. The van der Waals surface area contributed by atoms with E-state index < -0.39 is 33.3 Å². The van der Waals surface area contributed by atoms with Gasteiger partial charge in [0.2, 0.25) is 10.0 Å². The molecule has 0 radical (unpaired) electrons. The molecule has 0 unspecified atom stereocenters. The number of anilines is 1. The summed E-state index contributed by atoms with van der Waals surface area (Å²) < 4.78 is 44.8. The molecule has 134 valence electrons. The lowest BCUT2D eigenvalue weighted by atomic mass is 10.2. The van der Waals surface area contributed by atoms with Crippen molar-refractivity contribution < 1.29 is 27.1 Å². The summed E-state index contributed by atoms with van der Waals surface area (Å²) in [6.07, 6.45) is 0. The highest BCUT2D eigenvalue weighted by Gasteiger charge is 2.21. The predicted molar refractivity (Wildman–Crippen MR) is 90.9 cm³/mol. The number of carbonyl (C=O) groups is 2. The number of benzene rings is 1. The molecule has 0 spiro atoms. The fourth-order valence-corrected chi connectivity index (χ4v) is 3.79. The van der Waals surface area contributed by atoms with E-state index in [1.165, 1.54) is 17.9 Å². The third-order valence-corrected chi connectivity index (χ3v) is 5.43. The number of nitrogens with one attached hydrogen (secondary N) is 2. The maximum absolute atomic E-state index is 14.0. The van der Waals surface area contributed by atoms with Gasteiger partial charge in [0.15, 0.2) is 0 Å². The lowest BCUT2D eigenvalue weighted by Crippen LogP contribution is -2.24. The fourth-order valence-electron chi connectivity index (χ4n) is 1.97. The third kappa shape index (κ3) is 4.21. The van der Waals surface area contributed by atoms with Crippen LogP contribution in [0.1, 0.15) is 27.6 Å². The molecule has 0 aliphatic rings. The normalized spacial score (nSPS) is 11.2. The van der Waals surface area contributed by atoms with Crippen LogP contribution in [0.15, 0.2) is 33.9 Å². The second kappa shape index (κ2) is 7.72. The van der Waals surface area contributed by atoms with Gasteiger partial charge >= 0.3 is 5.97 Å². The minimum atomic E-state index is -3.84. The van der Waals surface area contributed by atoms with Crippen molar-refractivity contribution in [3.05, 3.63) is 45.9 Å². The van der Waals surface area contributed by atoms with Crippen LogP contribution in [0.3, 0.4) is 0 Å². The Morgan fingerprint density at radius 3 is 2.60 bits per heavy atom. The van der Waals surface area contributed by atoms with E-state index in [4.69, 9.17) is 0 Å². The second-order valence-corrected chi connectivity index (χ2v) is 7.30. The Labute approximate surface area is 147 Å². The minimum absolute atomic E-state index is 0.123. The zero-order valence-electron chi connectivity index (χ0n) is 13.3. The molecular formula is C15H15FN2O5S2. The molecule has 0 aliphatic carbocycles. The van der Waals surface area contributed by atoms with Crippen LogP contribution in [0.5, 0.6) is 0 Å². The fraction of sp³-hybridized carbons (Fsp3) is 0.200. The predicted octanol–water partition coefficient (Wildman–Crippen LogP) is 2.22. The third-order valence-electron chi connectivity index (χ3n) is 3.14. The molecule has 1 aromatic carbocycles. The highest BCUT2D eigenvalue weighted by atomic mass is 32.2. The van der Waals surface area contributed by atoms with Gasteiger partial charge in [0.1, 0.15) is 5.82 Å². The zero-order chi connectivity index (χ0) is 18.6. The van der Waals surface area contributed by atoms with Crippen molar-refractivity contribution in [2.45, 2.75) is 11.8 Å². The topological polar surface area (TPSA) is 102 Å². The first-order valence-corrected chi connectivity index (χ1v) is 9.47. The van der Waals surface area contributed by atoms with E-state index in [-0.39, 0.29) is 22.7 Å². The van der Waals surface area contributed by atoms with Gasteiger partial charge in [0.05, 0.1) is 28.8 Å². The second-order valence-electron chi connectivity index (χ2n) is 4.79. The van der Waals surface area contributed by atoms with Gasteiger partial charge in [-0.1, -0.05) is 6.92 Å². The van der Waals surface area contributed by atoms with Crippen LogP contribution in [0.25, 0.3) is 0 Å². The number of rotatable bonds is 6. The van der Waals surface area contributed by atoms with Crippen molar-refractivity contribution in [3.8, 4) is 0 Å². The largest absolute Gasteiger partial charge is 0.465 e. The van der Waals surface area contributed by atoms with Crippen molar-refractivity contribution in [2.75, 3.05) is 19.0 Å². The van der Waals surface area contributed by atoms with Gasteiger partial charge in [-0.05, 0) is 18.2 Å². The number of ether oxygens (including phenoxy) is 1. The summed E-state index contributed by atoms with van der Waals surface area (Å²) in [6, 6.07) is 2.90. The quantitative estimate of drug-likeness (QED) is 0.742. The van der Waals surface area contributed by atoms with E-state index in [2.05, 4.69) is 14.8 Å². The molecule has 0 aliphatic heterocycles. The molecule has 0 saturated heterocycles. The Morgan fingerprint density at radius 2 is 1.96 bits per heavy atom. The highest BCUT2D eigenvalue weighted by molar-refractivity contribution is 7.89. The molecule has 2 N–H and O–H groups in total. The van der Waals surface area contributed by atoms with Gasteiger partial charge in [-0.15, -0.1) is 11.3 Å². The van der Waals surface area contributed by atoms with Gasteiger partial charge in [-0.25, -0.2) is 22.3 Å². The Morgan fingerprint density at radius 1 is 1.24 bits per heavy atom. The van der Waals surface area contributed by atoms with Crippen LogP contribution in [-0.2, 0) is 14.8 Å². The minimum Gasteiger partial charge on any atom is -0.465 e. The molecule has 2 aromatic rings. The van der Waals surface area contributed by atoms with Gasteiger partial charge in [-0.3, -0.25) is 4.79 Å². The Hall–Kier alpha value is -2.30. The van der Waals surface area contributed by atoms with E-state index in [0.29, 0.717) is 0 Å². The van der Waals surface area contributed by atoms with Crippen LogP contribution >= 0.6 is 11.3 Å². The molecule has 25 heavy (non-hydrogen) atoms. The average Bonchev–Trinajstić information content (AvgIpc) is 3.02. The molecule has 7 nitrogen and oxygen atoms in total. The van der Waals surface area contributed by atoms with E-state index in [1.54, 1.807) is 6.92 Å². The molecular weight excluding hydrogens is 371 g/mol. The SMILES string of the molecule is CCNS(=O)(=O)c1ccc(F)c(C(=O)Nc2cscc2C(=O)OC)c1. The number of hydrogen-bond donors (Lipinski definition) is 2. The summed E-state index contributed by atoms with van der Waals surface area (Å²) in [5.41, 5.74) is -0.181. The van der Waals surface area contributed by atoms with Crippen molar-refractivity contribution in [3.63, 3.8) is 0 Å². The lowest BCUT2D eigenvalue weighted by Gasteiger charge is -2.09. The number of amides is 1. The monoisotopic (exact) mass is 386 g/mol. The number of thiophene rings is 1. The van der Waals surface area contributed by atoms with Crippen molar-refractivity contribution in [1.82, 2.24) is 4.72 Å². The van der Waals surface area contributed by atoms with E-state index in [1.807, 2.05) is 0 Å². The van der Waals surface area contributed by atoms with Gasteiger partial charge in [0, 0.05) is 17.3 Å². The molecule has 0 atom stereocenters. The Balaban J connectivity index is 2.34. The first kappa shape index (κ1) is 19.0. The van der Waals surface area contributed by atoms with Crippen molar-refractivity contribution in [2.24, 2.45) is 0 Å². The number of halogens is 1. The van der Waals surface area contributed by atoms with Gasteiger partial charge in [-0.2, -0.15) is 0 Å². The van der Waals surface area contributed by atoms with Crippen molar-refractivity contribution >= 4 is 38.9 Å². The summed E-state index contributed by atoms with van der Waals surface area (Å²) in [4.78, 5) is 23.7. The molecule has 2 rings (SSSR count). The molecule has 0 fully saturated rings. The molecule has 1 heterocycles. The number of methoxy groups -OCH3 is 1. The number of sulfonamides is 1. The molecule has 0 bridgehead atoms. The summed E-state index contributed by atoms with van der Waals surface area (Å²) in [7, 11) is -2.64. The zero-order valence-corrected chi connectivity index (χ0v) is 15.0. The summed E-state index contributed by atoms with van der Waals surface area (Å²) in [5.74, 6) is -2.42. The molecule has 1 amide bonds. The maximum atomic E-state index is 14.0. The highest BCUT2D eigenvalue weighted by Crippen LogP contribution is 2.23. The number of hydrogen-bond acceptors (Lipinski definition) is 6. The van der Waals surface area contributed by atoms with Crippen LogP contribution in [0, 0.1) is 5.82 Å². The van der Waals surface area contributed by atoms with Crippen LogP contribution < -0.4 is 10.0 Å². The van der Waals surface area contributed by atoms with Crippen LogP contribution in [-0.4, -0.2) is 33.9 Å². The van der Waals surface area contributed by atoms with Crippen LogP contribution in [0.4, 0.5) is 10.1 Å². The number of esters is 1. The van der Waals surface area contributed by atoms with E-state index in [0.717, 1.165) is 29.5 Å². The van der Waals surface area contributed by atoms with Crippen molar-refractivity contribution in [1.29, 1.82) is 0 Å². The lowest BCUT2D eigenvalue weighted by molar-refractivity contribution is 0.0602. The molecule has 0 saturated carbocycles. The van der Waals surface area contributed by atoms with E-state index >= 15 is 0 Å². The smallest absolute Gasteiger partial charge is 0.340 e. The van der Waals surface area contributed by atoms with Crippen LogP contribution in [0.2, 0.25) is 0 Å². The summed E-state index contributed by atoms with van der Waals surface area (Å²) >= 11 is 1.15. The molecule has 1 aromatic heterocycles.